The lowest BCUT2D eigenvalue weighted by atomic mass is 10.0. The van der Waals surface area contributed by atoms with E-state index < -0.39 is 9.84 Å². The molecule has 32 heavy (non-hydrogen) atoms. The Labute approximate surface area is 183 Å². The predicted octanol–water partition coefficient (Wildman–Crippen LogP) is 3.19. The van der Waals surface area contributed by atoms with Gasteiger partial charge in [0, 0.05) is 41.6 Å². The number of anilines is 1. The Kier molecular flexibility index (Phi) is 4.03. The monoisotopic (exact) mass is 451 g/mol. The van der Waals surface area contributed by atoms with Crippen LogP contribution in [0.3, 0.4) is 0 Å². The van der Waals surface area contributed by atoms with Crippen LogP contribution in [-0.2, 0) is 16.4 Å². The molecule has 0 radical (unpaired) electrons. The average Bonchev–Trinajstić information content (AvgIpc) is 3.18. The summed E-state index contributed by atoms with van der Waals surface area (Å²) >= 11 is 0. The predicted molar refractivity (Wildman–Crippen MR) is 115 cm³/mol. The molecule has 10 heteroatoms. The summed E-state index contributed by atoms with van der Waals surface area (Å²) in [5, 5.41) is 11.4. The number of hydrogen-bond acceptors (Lipinski definition) is 7. The average molecular weight is 451 g/mol. The number of halogens is 1. The molecule has 0 saturated heterocycles. The quantitative estimate of drug-likeness (QED) is 0.498. The molecule has 6 rings (SSSR count). The lowest BCUT2D eigenvalue weighted by Crippen LogP contribution is -2.10. The SMILES string of the molecule is CS(=O)(=O)c1ccc(-c2cnc(NCc3c(F)ccc4c3C3CC3O4)n3cnnc23)cc1. The van der Waals surface area contributed by atoms with Gasteiger partial charge in [0.05, 0.1) is 4.90 Å². The minimum absolute atomic E-state index is 0.182. The van der Waals surface area contributed by atoms with Crippen LogP contribution in [-0.4, -0.2) is 40.4 Å². The van der Waals surface area contributed by atoms with Crippen molar-refractivity contribution in [2.45, 2.75) is 29.9 Å². The molecule has 0 amide bonds. The fraction of sp³-hybridized carbons (Fsp3) is 0.227. The molecule has 1 aliphatic carbocycles. The normalized spacial score (nSPS) is 18.8. The van der Waals surface area contributed by atoms with E-state index in [9.17, 15) is 12.8 Å². The first-order valence-electron chi connectivity index (χ1n) is 10.1. The van der Waals surface area contributed by atoms with Crippen molar-refractivity contribution in [2.24, 2.45) is 0 Å². The van der Waals surface area contributed by atoms with E-state index in [4.69, 9.17) is 4.74 Å². The van der Waals surface area contributed by atoms with Gasteiger partial charge in [-0.2, -0.15) is 0 Å². The van der Waals surface area contributed by atoms with Gasteiger partial charge in [-0.25, -0.2) is 17.8 Å². The van der Waals surface area contributed by atoms with Gasteiger partial charge in [-0.15, -0.1) is 10.2 Å². The van der Waals surface area contributed by atoms with Crippen molar-refractivity contribution < 1.29 is 17.5 Å². The molecule has 2 aliphatic rings. The highest BCUT2D eigenvalue weighted by atomic mass is 32.2. The summed E-state index contributed by atoms with van der Waals surface area (Å²) in [5.74, 6) is 1.25. The topological polar surface area (TPSA) is 98.5 Å². The van der Waals surface area contributed by atoms with Crippen molar-refractivity contribution in [3.05, 3.63) is 65.9 Å². The number of ether oxygens (including phenoxy) is 1. The van der Waals surface area contributed by atoms with Crippen LogP contribution < -0.4 is 10.1 Å². The van der Waals surface area contributed by atoms with Crippen LogP contribution in [0, 0.1) is 5.82 Å². The van der Waals surface area contributed by atoms with E-state index in [0.717, 1.165) is 23.3 Å². The number of rotatable bonds is 5. The minimum atomic E-state index is -3.28. The fourth-order valence-corrected chi connectivity index (χ4v) is 4.91. The summed E-state index contributed by atoms with van der Waals surface area (Å²) in [5.41, 5.74) is 3.56. The van der Waals surface area contributed by atoms with Gasteiger partial charge < -0.3 is 10.1 Å². The van der Waals surface area contributed by atoms with Crippen LogP contribution in [0.4, 0.5) is 10.3 Å². The molecule has 1 fully saturated rings. The van der Waals surface area contributed by atoms with Crippen LogP contribution in [0.25, 0.3) is 16.8 Å². The van der Waals surface area contributed by atoms with Crippen molar-refractivity contribution >= 4 is 21.4 Å². The van der Waals surface area contributed by atoms with E-state index in [1.165, 1.54) is 18.6 Å². The summed E-state index contributed by atoms with van der Waals surface area (Å²) in [6.45, 7) is 0.254. The lowest BCUT2D eigenvalue weighted by molar-refractivity contribution is 0.318. The molecule has 0 bridgehead atoms. The number of benzene rings is 2. The Morgan fingerprint density at radius 1 is 1.22 bits per heavy atom. The smallest absolute Gasteiger partial charge is 0.210 e. The highest BCUT2D eigenvalue weighted by Gasteiger charge is 2.49. The maximum atomic E-state index is 14.6. The Bertz CT molecular complexity index is 1480. The van der Waals surface area contributed by atoms with E-state index in [0.29, 0.717) is 22.7 Å². The van der Waals surface area contributed by atoms with E-state index >= 15 is 0 Å². The second-order valence-electron chi connectivity index (χ2n) is 8.11. The standard InChI is InChI=1S/C22H18FN5O3S/c1-32(29,30)13-4-2-12(3-5-13)15-9-24-22(28-11-26-27-21(15)28)25-10-16-17(23)6-7-18-20(16)14-8-19(14)31-18/h2-7,9,11,14,19H,8,10H2,1H3,(H,24,25). The molecular weight excluding hydrogens is 433 g/mol. The van der Waals surface area contributed by atoms with Crippen molar-refractivity contribution in [3.8, 4) is 16.9 Å². The van der Waals surface area contributed by atoms with Gasteiger partial charge in [-0.05, 0) is 36.2 Å². The lowest BCUT2D eigenvalue weighted by Gasteiger charge is -2.14. The molecule has 8 nitrogen and oxygen atoms in total. The molecule has 2 aromatic heterocycles. The zero-order chi connectivity index (χ0) is 22.0. The van der Waals surface area contributed by atoms with E-state index in [2.05, 4.69) is 20.5 Å². The van der Waals surface area contributed by atoms with Crippen molar-refractivity contribution in [3.63, 3.8) is 0 Å². The van der Waals surface area contributed by atoms with Crippen LogP contribution in [0.5, 0.6) is 5.75 Å². The van der Waals surface area contributed by atoms with Crippen molar-refractivity contribution in [1.82, 2.24) is 19.6 Å². The summed E-state index contributed by atoms with van der Waals surface area (Å²) in [4.78, 5) is 4.73. The molecular formula is C22H18FN5O3S. The van der Waals surface area contributed by atoms with Gasteiger partial charge >= 0.3 is 0 Å². The largest absolute Gasteiger partial charge is 0.489 e. The second kappa shape index (κ2) is 6.73. The van der Waals surface area contributed by atoms with Gasteiger partial charge in [0.1, 0.15) is 24.0 Å². The molecule has 2 aromatic carbocycles. The number of sulfone groups is 1. The first-order valence-corrected chi connectivity index (χ1v) is 12.0. The molecule has 1 N–H and O–H groups in total. The third-order valence-electron chi connectivity index (χ3n) is 5.99. The number of hydrogen-bond donors (Lipinski definition) is 1. The Morgan fingerprint density at radius 2 is 2.03 bits per heavy atom. The first-order chi connectivity index (χ1) is 15.4. The Hall–Kier alpha value is -3.53. The number of nitrogens with zero attached hydrogens (tertiary/aromatic N) is 4. The third-order valence-corrected chi connectivity index (χ3v) is 7.12. The molecule has 4 aromatic rings. The van der Waals surface area contributed by atoms with E-state index in [1.807, 2.05) is 0 Å². The van der Waals surface area contributed by atoms with Gasteiger partial charge in [0.15, 0.2) is 15.5 Å². The van der Waals surface area contributed by atoms with E-state index in [1.54, 1.807) is 40.9 Å². The maximum Gasteiger partial charge on any atom is 0.210 e. The molecule has 162 valence electrons. The summed E-state index contributed by atoms with van der Waals surface area (Å²) in [6, 6.07) is 9.66. The zero-order valence-corrected chi connectivity index (χ0v) is 17.8. The zero-order valence-electron chi connectivity index (χ0n) is 17.0. The van der Waals surface area contributed by atoms with Gasteiger partial charge in [0.2, 0.25) is 5.95 Å². The van der Waals surface area contributed by atoms with Gasteiger partial charge in [-0.1, -0.05) is 12.1 Å². The van der Waals surface area contributed by atoms with Crippen LogP contribution in [0.2, 0.25) is 0 Å². The first kappa shape index (κ1) is 19.2. The Balaban J connectivity index is 1.32. The van der Waals surface area contributed by atoms with Crippen molar-refractivity contribution in [1.29, 1.82) is 0 Å². The molecule has 1 saturated carbocycles. The van der Waals surface area contributed by atoms with Gasteiger partial charge in [0.25, 0.3) is 0 Å². The van der Waals surface area contributed by atoms with Crippen LogP contribution in [0.1, 0.15) is 23.5 Å². The maximum absolute atomic E-state index is 14.6. The van der Waals surface area contributed by atoms with Crippen LogP contribution in [0.15, 0.2) is 53.8 Å². The summed E-state index contributed by atoms with van der Waals surface area (Å²) < 4.78 is 45.5. The highest BCUT2D eigenvalue weighted by molar-refractivity contribution is 7.90. The Morgan fingerprint density at radius 3 is 2.81 bits per heavy atom. The molecule has 3 heterocycles. The number of fused-ring (bicyclic) bond motifs is 4. The third kappa shape index (κ3) is 3.01. The summed E-state index contributed by atoms with van der Waals surface area (Å²) in [6.07, 6.45) is 5.46. The second-order valence-corrected chi connectivity index (χ2v) is 10.1. The van der Waals surface area contributed by atoms with Gasteiger partial charge in [-0.3, -0.25) is 4.40 Å². The number of aromatic nitrogens is 4. The molecule has 1 aliphatic heterocycles. The van der Waals surface area contributed by atoms with Crippen LogP contribution >= 0.6 is 0 Å². The van der Waals surface area contributed by atoms with E-state index in [-0.39, 0.29) is 29.3 Å². The number of nitrogens with one attached hydrogen (secondary N) is 1. The van der Waals surface area contributed by atoms with Crippen molar-refractivity contribution in [2.75, 3.05) is 11.6 Å². The molecule has 2 unspecified atom stereocenters. The summed E-state index contributed by atoms with van der Waals surface area (Å²) in [7, 11) is -3.28. The minimum Gasteiger partial charge on any atom is -0.489 e. The fourth-order valence-electron chi connectivity index (χ4n) is 4.28. The molecule has 2 atom stereocenters. The highest BCUT2D eigenvalue weighted by Crippen LogP contribution is 2.55. The molecule has 0 spiro atoms.